The van der Waals surface area contributed by atoms with Crippen molar-refractivity contribution in [1.82, 2.24) is 0 Å². The fourth-order valence-electron chi connectivity index (χ4n) is 1.68. The van der Waals surface area contributed by atoms with Gasteiger partial charge in [0, 0.05) is 6.08 Å². The number of alkyl halides is 15. The third-order valence-electron chi connectivity index (χ3n) is 3.46. The van der Waals surface area contributed by atoms with E-state index in [1.807, 2.05) is 0 Å². The maximum atomic E-state index is 13.5. The van der Waals surface area contributed by atoms with Crippen LogP contribution in [0.5, 0.6) is 0 Å². The van der Waals surface area contributed by atoms with Gasteiger partial charge in [-0.25, -0.2) is 0 Å². The summed E-state index contributed by atoms with van der Waals surface area (Å²) in [5, 5.41) is 0. The van der Waals surface area contributed by atoms with Crippen LogP contribution in [-0.4, -0.2) is 41.7 Å². The Morgan fingerprint density at radius 2 is 0.966 bits per heavy atom. The molecule has 0 aliphatic carbocycles. The molecule has 0 unspecified atom stereocenters. The Bertz CT molecular complexity index is 602. The predicted octanol–water partition coefficient (Wildman–Crippen LogP) is 7.87. The van der Waals surface area contributed by atoms with Crippen LogP contribution in [0.4, 0.5) is 65.9 Å². The zero-order chi connectivity index (χ0) is 23.9. The first-order valence-electron chi connectivity index (χ1n) is 7.16. The topological polar surface area (TPSA) is 0 Å². The van der Waals surface area contributed by atoms with Crippen LogP contribution in [0.3, 0.4) is 0 Å². The zero-order valence-electron chi connectivity index (χ0n) is 13.7. The van der Waals surface area contributed by atoms with E-state index >= 15 is 0 Å². The highest BCUT2D eigenvalue weighted by Gasteiger charge is 2.93. The van der Waals surface area contributed by atoms with Gasteiger partial charge in [0.1, 0.15) is 0 Å². The van der Waals surface area contributed by atoms with Crippen LogP contribution >= 0.6 is 22.6 Å². The first-order valence-corrected chi connectivity index (χ1v) is 8.24. The first-order chi connectivity index (χ1) is 12.5. The molecule has 0 heterocycles. The van der Waals surface area contributed by atoms with Crippen molar-refractivity contribution >= 4 is 22.6 Å². The summed E-state index contributed by atoms with van der Waals surface area (Å²) in [5.74, 6) is -46.2. The molecule has 16 heteroatoms. The van der Waals surface area contributed by atoms with E-state index in [-0.39, 0.29) is 12.8 Å². The molecule has 0 fully saturated rings. The Hall–Kier alpha value is -0.580. The summed E-state index contributed by atoms with van der Waals surface area (Å²) in [6.07, 6.45) is -8.72. The minimum Gasteiger partial charge on any atom is -0.195 e. The fraction of sp³-hybridized carbons (Fsp3) is 0.846. The molecule has 0 spiro atoms. The van der Waals surface area contributed by atoms with Crippen molar-refractivity contribution in [2.45, 2.75) is 67.9 Å². The fourth-order valence-corrected chi connectivity index (χ4v) is 2.46. The van der Waals surface area contributed by atoms with Crippen LogP contribution in [0.1, 0.15) is 26.2 Å². The Labute approximate surface area is 166 Å². The molecule has 0 radical (unpaired) electrons. The quantitative estimate of drug-likeness (QED) is 0.193. The third kappa shape index (κ3) is 4.55. The monoisotopic (exact) mass is 578 g/mol. The minimum atomic E-state index is -8.24. The lowest BCUT2D eigenvalue weighted by Gasteiger charge is -2.41. The van der Waals surface area contributed by atoms with Gasteiger partial charge < -0.3 is 0 Å². The Kier molecular flexibility index (Phi) is 8.00. The minimum absolute atomic E-state index is 0.0266. The van der Waals surface area contributed by atoms with Gasteiger partial charge in [-0.15, -0.1) is 0 Å². The number of hydrogen-bond donors (Lipinski definition) is 0. The van der Waals surface area contributed by atoms with E-state index in [1.54, 1.807) is 0 Å². The number of halogens is 16. The van der Waals surface area contributed by atoms with E-state index < -0.39 is 57.8 Å². The molecular formula is C13H10F15I. The van der Waals surface area contributed by atoms with Gasteiger partial charge in [0.25, 0.3) is 0 Å². The van der Waals surface area contributed by atoms with Crippen LogP contribution in [0.25, 0.3) is 0 Å². The SMILES string of the molecule is CCCCC(I)=CC(F)(F)C(F)(F)C(F)(F)C(F)(F)C(F)(F)C(F)(F)C(F)(F)F. The Morgan fingerprint density at radius 3 is 1.31 bits per heavy atom. The number of allylic oxidation sites excluding steroid dienone is 2. The molecule has 0 aromatic rings. The molecule has 0 aliphatic rings. The summed E-state index contributed by atoms with van der Waals surface area (Å²) in [5.41, 5.74) is 0. The number of hydrogen-bond acceptors (Lipinski definition) is 0. The summed E-state index contributed by atoms with van der Waals surface area (Å²) < 4.78 is 194. The lowest BCUT2D eigenvalue weighted by atomic mass is 9.91. The second-order valence-electron chi connectivity index (χ2n) is 5.69. The van der Waals surface area contributed by atoms with Gasteiger partial charge >= 0.3 is 41.7 Å². The maximum absolute atomic E-state index is 13.5. The van der Waals surface area contributed by atoms with E-state index in [4.69, 9.17) is 0 Å². The van der Waals surface area contributed by atoms with Crippen molar-refractivity contribution in [2.24, 2.45) is 0 Å². The number of unbranched alkanes of at least 4 members (excludes halogenated alkanes) is 1. The highest BCUT2D eigenvalue weighted by Crippen LogP contribution is 2.62. The van der Waals surface area contributed by atoms with Crippen LogP contribution in [0, 0.1) is 0 Å². The molecular weight excluding hydrogens is 568 g/mol. The molecule has 0 saturated heterocycles. The summed E-state index contributed by atoms with van der Waals surface area (Å²) in [4.78, 5) is 0. The Balaban J connectivity index is 6.43. The molecule has 0 nitrogen and oxygen atoms in total. The van der Waals surface area contributed by atoms with E-state index in [2.05, 4.69) is 0 Å². The lowest BCUT2D eigenvalue weighted by molar-refractivity contribution is -0.449. The maximum Gasteiger partial charge on any atom is 0.460 e. The molecule has 0 aromatic heterocycles. The second-order valence-corrected chi connectivity index (χ2v) is 7.07. The first kappa shape index (κ1) is 28.4. The Morgan fingerprint density at radius 1 is 0.621 bits per heavy atom. The standard InChI is InChI=1S/C13H10F15I/c1-2-3-4-6(29)5-7(14,15)8(16,17)9(18,19)10(20,21)11(22,23)12(24,25)13(26,27)28/h5H,2-4H2,1H3. The molecule has 0 amide bonds. The van der Waals surface area contributed by atoms with E-state index in [1.165, 1.54) is 6.92 Å². The second kappa shape index (κ2) is 8.16. The van der Waals surface area contributed by atoms with Crippen LogP contribution in [-0.2, 0) is 0 Å². The van der Waals surface area contributed by atoms with Gasteiger partial charge in [-0.05, 0) is 39.0 Å². The molecule has 0 saturated carbocycles. The highest BCUT2D eigenvalue weighted by molar-refractivity contribution is 14.1. The molecule has 0 atom stereocenters. The lowest BCUT2D eigenvalue weighted by Crippen LogP contribution is -2.72. The van der Waals surface area contributed by atoms with Gasteiger partial charge in [0.2, 0.25) is 0 Å². The van der Waals surface area contributed by atoms with Gasteiger partial charge in [-0.2, -0.15) is 65.9 Å². The van der Waals surface area contributed by atoms with E-state index in [0.29, 0.717) is 0 Å². The van der Waals surface area contributed by atoms with Gasteiger partial charge in [-0.1, -0.05) is 13.3 Å². The van der Waals surface area contributed by atoms with Gasteiger partial charge in [0.05, 0.1) is 0 Å². The van der Waals surface area contributed by atoms with Crippen molar-refractivity contribution in [2.75, 3.05) is 0 Å². The average molecular weight is 578 g/mol. The average Bonchev–Trinajstić information content (AvgIpc) is 2.50. The van der Waals surface area contributed by atoms with Crippen molar-refractivity contribution in [3.63, 3.8) is 0 Å². The van der Waals surface area contributed by atoms with E-state index in [0.717, 1.165) is 22.6 Å². The molecule has 174 valence electrons. The summed E-state index contributed by atoms with van der Waals surface area (Å²) in [6.45, 7) is 1.48. The smallest absolute Gasteiger partial charge is 0.195 e. The normalized spacial score (nSPS) is 16.4. The third-order valence-corrected chi connectivity index (χ3v) is 4.31. The van der Waals surface area contributed by atoms with Crippen molar-refractivity contribution in [3.05, 3.63) is 9.66 Å². The highest BCUT2D eigenvalue weighted by atomic mass is 127. The molecule has 0 rings (SSSR count). The summed E-state index contributed by atoms with van der Waals surface area (Å²) >= 11 is 0.917. The largest absolute Gasteiger partial charge is 0.460 e. The van der Waals surface area contributed by atoms with Crippen LogP contribution < -0.4 is 0 Å². The molecule has 0 N–H and O–H groups in total. The molecule has 0 bridgehead atoms. The molecule has 0 aliphatic heterocycles. The molecule has 29 heavy (non-hydrogen) atoms. The summed E-state index contributed by atoms with van der Waals surface area (Å²) in [7, 11) is 0. The summed E-state index contributed by atoms with van der Waals surface area (Å²) in [6, 6.07) is 0. The molecule has 0 aromatic carbocycles. The van der Waals surface area contributed by atoms with Crippen LogP contribution in [0.2, 0.25) is 0 Å². The van der Waals surface area contributed by atoms with Crippen LogP contribution in [0.15, 0.2) is 9.66 Å². The van der Waals surface area contributed by atoms with Crippen molar-refractivity contribution < 1.29 is 65.9 Å². The zero-order valence-corrected chi connectivity index (χ0v) is 15.9. The predicted molar refractivity (Wildman–Crippen MR) is 77.4 cm³/mol. The van der Waals surface area contributed by atoms with E-state index in [9.17, 15) is 65.9 Å². The van der Waals surface area contributed by atoms with Crippen molar-refractivity contribution in [1.29, 1.82) is 0 Å². The number of rotatable bonds is 9. The van der Waals surface area contributed by atoms with Gasteiger partial charge in [0.15, 0.2) is 0 Å². The van der Waals surface area contributed by atoms with Gasteiger partial charge in [-0.3, -0.25) is 0 Å². The van der Waals surface area contributed by atoms with Crippen molar-refractivity contribution in [3.8, 4) is 0 Å².